The summed E-state index contributed by atoms with van der Waals surface area (Å²) < 4.78 is 0. The Morgan fingerprint density at radius 3 is 0.417 bits per heavy atom. The Hall–Kier alpha value is -1.56. The van der Waals surface area contributed by atoms with Gasteiger partial charge in [0.2, 0.25) is 0 Å². The van der Waals surface area contributed by atoms with Crippen LogP contribution in [-0.2, 0) is 0 Å². The van der Waals surface area contributed by atoms with Gasteiger partial charge in [0, 0.05) is 31.5 Å². The summed E-state index contributed by atoms with van der Waals surface area (Å²) in [5.41, 5.74) is 0. The average molecular weight is 184 g/mol. The zero-order valence-electron chi connectivity index (χ0n) is 2.61. The number of hydrogen-bond donors (Lipinski definition) is 0. The smallest absolute Gasteiger partial charge is 0 e. The van der Waals surface area contributed by atoms with Gasteiger partial charge in [-0.2, -0.15) is 0 Å². The van der Waals surface area contributed by atoms with Crippen LogP contribution in [0.3, 0.4) is 0 Å². The fraction of sp³-hybridized carbons (Fsp3) is 1.00. The van der Waals surface area contributed by atoms with Crippen LogP contribution in [0.15, 0.2) is 0 Å². The molecule has 6 heteroatoms. The minimum Gasteiger partial charge on any atom is -0.0776 e. The first-order valence-corrected chi connectivity index (χ1v) is 0.567. The van der Waals surface area contributed by atoms with E-state index in [1.807, 2.05) is 0 Å². The van der Waals surface area contributed by atoms with Crippen LogP contribution in [0.25, 0.3) is 0 Å². The van der Waals surface area contributed by atoms with Gasteiger partial charge in [0.05, 0.1) is 0 Å². The van der Waals surface area contributed by atoms with Gasteiger partial charge in [-0.15, -0.1) is 0 Å². The predicted molar refractivity (Wildman–Crippen MR) is 54.0 cm³/mol. The van der Waals surface area contributed by atoms with E-state index in [4.69, 9.17) is 31.5 Å². The Morgan fingerprint density at radius 1 is 0.417 bits per heavy atom. The van der Waals surface area contributed by atoms with Crippen LogP contribution in [0.1, 0.15) is 44.6 Å². The first-order valence-electron chi connectivity index (χ1n) is 0.567. The topological polar surface area (TPSA) is 129 Å². The van der Waals surface area contributed by atoms with E-state index in [1.54, 1.807) is 0 Å². The lowest BCUT2D eigenvalue weighted by Gasteiger charge is -0.707. The molecule has 0 amide bonds. The molecule has 0 spiro atoms. The molecule has 0 aliphatic rings. The molecule has 12 heavy (non-hydrogen) atoms. The average Bonchev–Trinajstić information content (AvgIpc) is 1.81. The minimum atomic E-state index is 0. The van der Waals surface area contributed by atoms with E-state index >= 15 is 0 Å². The van der Waals surface area contributed by atoms with Gasteiger partial charge in [0.15, 0.2) is 0 Å². The van der Waals surface area contributed by atoms with Gasteiger partial charge in [-0.3, -0.25) is 0 Å². The van der Waals surface area contributed by atoms with E-state index in [0.29, 0.717) is 0 Å². The van der Waals surface area contributed by atoms with Crippen LogP contribution < -0.4 is 0 Å². The van der Waals surface area contributed by atoms with Crippen molar-refractivity contribution >= 4 is 0 Å². The van der Waals surface area contributed by atoms with E-state index in [2.05, 4.69) is 0 Å². The second kappa shape index (κ2) is 276. The zero-order chi connectivity index (χ0) is 6.00. The number of hydrogen-bond acceptors (Lipinski definition) is 6. The lowest BCUT2D eigenvalue weighted by atomic mass is 12.0. The molecule has 0 aromatic carbocycles. The van der Waals surface area contributed by atoms with Crippen LogP contribution in [0.4, 0.5) is 0 Å². The molecule has 0 bridgehead atoms. The maximum atomic E-state index is 7.00. The minimum absolute atomic E-state index is 0. The molecule has 0 atom stereocenters. The third-order valence-corrected chi connectivity index (χ3v) is 0. The van der Waals surface area contributed by atoms with Crippen molar-refractivity contribution in [2.24, 2.45) is 0 Å². The van der Waals surface area contributed by atoms with E-state index in [9.17, 15) is 0 Å². The molecule has 0 aromatic heterocycles. The van der Waals surface area contributed by atoms with Crippen LogP contribution in [0, 0.1) is 31.5 Å². The predicted octanol–water partition coefficient (Wildman–Crippen LogP) is 3.94. The van der Waals surface area contributed by atoms with Crippen molar-refractivity contribution in [1.29, 1.82) is 21.6 Å². The number of rotatable bonds is 0. The molecular formula is C6H24N4O2. The molecule has 0 N–H and O–H groups in total. The van der Waals surface area contributed by atoms with Crippen molar-refractivity contribution < 1.29 is 0 Å². The molecule has 0 fully saturated rings. The van der Waals surface area contributed by atoms with Crippen molar-refractivity contribution in [3.63, 3.8) is 0 Å². The quantitative estimate of drug-likeness (QED) is 0.524. The maximum absolute atomic E-state index is 7.00. The van der Waals surface area contributed by atoms with Gasteiger partial charge in [-0.25, -0.2) is 0 Å². The van der Waals surface area contributed by atoms with Gasteiger partial charge in [0.1, 0.15) is 0 Å². The number of nitrogens with zero attached hydrogens (tertiary/aromatic N) is 4. The normalized spacial score (nSPS) is 0.667. The van der Waals surface area contributed by atoms with Gasteiger partial charge in [-0.05, 0) is 0 Å². The Kier molecular flexibility index (Phi) is 10300. The summed E-state index contributed by atoms with van der Waals surface area (Å²) in [5, 5.41) is 24.0. The molecule has 0 rings (SSSR count). The van der Waals surface area contributed by atoms with Crippen molar-refractivity contribution in [1.82, 2.24) is 0 Å². The maximum Gasteiger partial charge on any atom is 0 e. The first kappa shape index (κ1) is 449. The van der Waals surface area contributed by atoms with E-state index < -0.39 is 0 Å². The first-order chi connectivity index (χ1) is 3.00. The molecular weight excluding hydrogens is 160 g/mol. The summed E-state index contributed by atoms with van der Waals surface area (Å²) in [4.78, 5) is 14.0. The zero-order valence-corrected chi connectivity index (χ0v) is 2.61. The summed E-state index contributed by atoms with van der Waals surface area (Å²) >= 11 is 0. The van der Waals surface area contributed by atoms with Gasteiger partial charge >= 0.3 is 0 Å². The van der Waals surface area contributed by atoms with Crippen molar-refractivity contribution in [3.05, 3.63) is 9.93 Å². The highest BCUT2D eigenvalue weighted by Gasteiger charge is 0.707. The second-order valence-electron chi connectivity index (χ2n) is 0. The molecule has 6 nitrogen and oxygen atoms in total. The highest BCUT2D eigenvalue weighted by molar-refractivity contribution is 4.07. The van der Waals surface area contributed by atoms with Gasteiger partial charge in [-0.1, -0.05) is 44.6 Å². The van der Waals surface area contributed by atoms with Gasteiger partial charge in [0.25, 0.3) is 0 Å². The second-order valence-corrected chi connectivity index (χ2v) is 0. The van der Waals surface area contributed by atoms with E-state index in [0.717, 1.165) is 0 Å². The highest BCUT2D eigenvalue weighted by Crippen LogP contribution is 0.741. The van der Waals surface area contributed by atoms with Crippen LogP contribution >= 0.6 is 0 Å². The van der Waals surface area contributed by atoms with Crippen molar-refractivity contribution in [3.8, 4) is 0 Å². The van der Waals surface area contributed by atoms with E-state index in [1.165, 1.54) is 0 Å². The largest absolute Gasteiger partial charge is 0.0776 e. The summed E-state index contributed by atoms with van der Waals surface area (Å²) in [6, 6.07) is 0. The summed E-state index contributed by atoms with van der Waals surface area (Å²) in [6.07, 6.45) is 0. The lowest BCUT2D eigenvalue weighted by molar-refractivity contribution is 1.15. The summed E-state index contributed by atoms with van der Waals surface area (Å²) in [5.74, 6) is 0. The third kappa shape index (κ3) is 192. The van der Waals surface area contributed by atoms with Crippen molar-refractivity contribution in [2.75, 3.05) is 0 Å². The van der Waals surface area contributed by atoms with Gasteiger partial charge < -0.3 is 0 Å². The monoisotopic (exact) mass is 184 g/mol. The molecule has 0 heterocycles. The molecule has 0 saturated carbocycles. The van der Waals surface area contributed by atoms with Crippen molar-refractivity contribution in [2.45, 2.75) is 44.6 Å². The highest BCUT2D eigenvalue weighted by atomic mass is 16.7. The SMILES string of the molecule is C.C.C.C.C.C.N#N.N#N.O=O. The fourth-order valence-corrected chi connectivity index (χ4v) is 0. The lowest BCUT2D eigenvalue weighted by Crippen LogP contribution is -0.674. The summed E-state index contributed by atoms with van der Waals surface area (Å²) in [6.45, 7) is 0. The standard InChI is InChI=1S/6CH4.2N2.O2/c;;;;;;3*1-2/h6*1H4;;;. The third-order valence-electron chi connectivity index (χ3n) is 0. The Balaban J connectivity index is -0.00000000129. The molecule has 0 radical (unpaired) electrons. The summed E-state index contributed by atoms with van der Waals surface area (Å²) in [7, 11) is 0. The molecule has 0 aliphatic carbocycles. The molecule has 80 valence electrons. The Morgan fingerprint density at radius 2 is 0.417 bits per heavy atom. The fourth-order valence-electron chi connectivity index (χ4n) is 0. The van der Waals surface area contributed by atoms with Crippen LogP contribution in [-0.4, -0.2) is 0 Å². The Bertz CT molecular complexity index is 41.3. The van der Waals surface area contributed by atoms with Crippen LogP contribution in [0.5, 0.6) is 0 Å². The molecule has 0 saturated heterocycles. The molecule has 0 aliphatic heterocycles. The Labute approximate surface area is 77.0 Å². The van der Waals surface area contributed by atoms with E-state index in [-0.39, 0.29) is 44.6 Å². The van der Waals surface area contributed by atoms with Crippen LogP contribution in [0.2, 0.25) is 0 Å². The molecule has 0 unspecified atom stereocenters. The molecule has 0 aromatic rings.